The fraction of sp³-hybridized carbons (Fsp3) is 0.524. The molecule has 0 aromatic heterocycles. The van der Waals surface area contributed by atoms with Gasteiger partial charge in [0.05, 0.1) is 6.04 Å². The summed E-state index contributed by atoms with van der Waals surface area (Å²) in [6, 6.07) is 1.94. The minimum atomic E-state index is -1.17. The number of carboxylic acids is 1. The number of aliphatic carboxylic acids is 1. The van der Waals surface area contributed by atoms with Gasteiger partial charge in [-0.05, 0) is 30.5 Å². The van der Waals surface area contributed by atoms with E-state index >= 15 is 0 Å². The highest BCUT2D eigenvalue weighted by atomic mass is 32.1. The average Bonchev–Trinajstić information content (AvgIpc) is 2.75. The summed E-state index contributed by atoms with van der Waals surface area (Å²) >= 11 is 4.10. The van der Waals surface area contributed by atoms with Gasteiger partial charge in [-0.2, -0.15) is 12.6 Å². The summed E-state index contributed by atoms with van der Waals surface area (Å²) in [4.78, 5) is 49.1. The molecule has 0 aliphatic carbocycles. The molecule has 0 spiro atoms. The predicted molar refractivity (Wildman–Crippen MR) is 122 cm³/mol. The first-order valence-electron chi connectivity index (χ1n) is 10.3. The van der Waals surface area contributed by atoms with Crippen LogP contribution >= 0.6 is 12.6 Å². The zero-order chi connectivity index (χ0) is 24.4. The van der Waals surface area contributed by atoms with Crippen molar-refractivity contribution in [2.24, 2.45) is 11.7 Å². The van der Waals surface area contributed by atoms with E-state index < -0.39 is 47.9 Å². The van der Waals surface area contributed by atoms with Crippen molar-refractivity contribution in [2.75, 3.05) is 5.75 Å². The maximum atomic E-state index is 12.9. The van der Waals surface area contributed by atoms with Crippen LogP contribution in [0.1, 0.15) is 32.8 Å². The number of nitrogens with two attached hydrogens (primary N) is 1. The van der Waals surface area contributed by atoms with E-state index in [9.17, 15) is 29.4 Å². The average molecular weight is 469 g/mol. The summed E-state index contributed by atoms with van der Waals surface area (Å²) in [7, 11) is 0. The molecule has 1 aromatic carbocycles. The van der Waals surface area contributed by atoms with Crippen molar-refractivity contribution < 1.29 is 29.4 Å². The van der Waals surface area contributed by atoms with Gasteiger partial charge in [-0.3, -0.25) is 14.4 Å². The van der Waals surface area contributed by atoms with Gasteiger partial charge in [-0.1, -0.05) is 32.4 Å². The van der Waals surface area contributed by atoms with Gasteiger partial charge in [0.15, 0.2) is 0 Å². The van der Waals surface area contributed by atoms with Gasteiger partial charge in [-0.25, -0.2) is 4.79 Å². The number of hydrogen-bond acceptors (Lipinski definition) is 7. The number of carbonyl (C=O) groups is 4. The van der Waals surface area contributed by atoms with Gasteiger partial charge in [0.2, 0.25) is 17.7 Å². The Morgan fingerprint density at radius 1 is 0.969 bits per heavy atom. The van der Waals surface area contributed by atoms with E-state index in [0.29, 0.717) is 12.0 Å². The van der Waals surface area contributed by atoms with Crippen LogP contribution in [0.4, 0.5) is 0 Å². The van der Waals surface area contributed by atoms with Crippen molar-refractivity contribution in [3.8, 4) is 5.75 Å². The van der Waals surface area contributed by atoms with Crippen molar-refractivity contribution in [3.05, 3.63) is 29.8 Å². The Morgan fingerprint density at radius 2 is 1.50 bits per heavy atom. The second kappa shape index (κ2) is 12.9. The molecule has 0 aliphatic rings. The Morgan fingerprint density at radius 3 is 1.97 bits per heavy atom. The second-order valence-corrected chi connectivity index (χ2v) is 8.04. The molecule has 0 fully saturated rings. The zero-order valence-electron chi connectivity index (χ0n) is 18.4. The summed E-state index contributed by atoms with van der Waals surface area (Å²) in [5.41, 5.74) is 6.24. The van der Waals surface area contributed by atoms with Gasteiger partial charge in [-0.15, -0.1) is 0 Å². The lowest BCUT2D eigenvalue weighted by Crippen LogP contribution is -2.58. The number of aromatic hydroxyl groups is 1. The van der Waals surface area contributed by atoms with Crippen LogP contribution in [-0.4, -0.2) is 63.8 Å². The number of amides is 3. The van der Waals surface area contributed by atoms with Gasteiger partial charge in [0.25, 0.3) is 0 Å². The van der Waals surface area contributed by atoms with Crippen LogP contribution < -0.4 is 21.7 Å². The van der Waals surface area contributed by atoms with Crippen molar-refractivity contribution >= 4 is 36.3 Å². The first kappa shape index (κ1) is 27.2. The van der Waals surface area contributed by atoms with Crippen LogP contribution in [0.15, 0.2) is 24.3 Å². The van der Waals surface area contributed by atoms with Crippen molar-refractivity contribution in [1.82, 2.24) is 16.0 Å². The van der Waals surface area contributed by atoms with E-state index in [2.05, 4.69) is 28.6 Å². The fourth-order valence-electron chi connectivity index (χ4n) is 2.78. The molecule has 0 radical (unpaired) electrons. The van der Waals surface area contributed by atoms with E-state index in [1.165, 1.54) is 19.1 Å². The highest BCUT2D eigenvalue weighted by Gasteiger charge is 2.31. The highest BCUT2D eigenvalue weighted by molar-refractivity contribution is 7.80. The number of rotatable bonds is 12. The Hall–Kier alpha value is -2.79. The number of hydrogen-bond donors (Lipinski definition) is 7. The van der Waals surface area contributed by atoms with E-state index in [0.717, 1.165) is 0 Å². The maximum Gasteiger partial charge on any atom is 0.326 e. The minimum absolute atomic E-state index is 0.0514. The second-order valence-electron chi connectivity index (χ2n) is 7.67. The molecule has 178 valence electrons. The van der Waals surface area contributed by atoms with E-state index in [1.807, 2.05) is 0 Å². The van der Waals surface area contributed by atoms with Crippen molar-refractivity contribution in [1.29, 1.82) is 0 Å². The third-order valence-corrected chi connectivity index (χ3v) is 5.38. The molecular formula is C21H32N4O6S. The highest BCUT2D eigenvalue weighted by Crippen LogP contribution is 2.12. The molecule has 0 saturated heterocycles. The van der Waals surface area contributed by atoms with E-state index in [4.69, 9.17) is 5.73 Å². The summed E-state index contributed by atoms with van der Waals surface area (Å²) in [6.07, 6.45) is 0.614. The lowest BCUT2D eigenvalue weighted by Gasteiger charge is -2.25. The number of thiol groups is 1. The molecule has 0 bridgehead atoms. The van der Waals surface area contributed by atoms with E-state index in [1.54, 1.807) is 26.0 Å². The number of phenols is 1. The number of benzene rings is 1. The van der Waals surface area contributed by atoms with Crippen LogP contribution in [-0.2, 0) is 25.6 Å². The number of nitrogens with one attached hydrogen (secondary N) is 3. The van der Waals surface area contributed by atoms with Crippen LogP contribution in [0.5, 0.6) is 5.75 Å². The van der Waals surface area contributed by atoms with E-state index in [-0.39, 0.29) is 23.8 Å². The molecular weight excluding hydrogens is 436 g/mol. The molecule has 10 nitrogen and oxygen atoms in total. The molecule has 3 amide bonds. The van der Waals surface area contributed by atoms with Crippen LogP contribution in [0.25, 0.3) is 0 Å². The molecule has 1 rings (SSSR count). The molecule has 7 N–H and O–H groups in total. The molecule has 1 aromatic rings. The third kappa shape index (κ3) is 8.39. The van der Waals surface area contributed by atoms with Gasteiger partial charge in [0.1, 0.15) is 23.9 Å². The Balaban J connectivity index is 2.98. The molecule has 32 heavy (non-hydrogen) atoms. The Kier molecular flexibility index (Phi) is 11.0. The molecule has 5 unspecified atom stereocenters. The first-order valence-corrected chi connectivity index (χ1v) is 10.9. The zero-order valence-corrected chi connectivity index (χ0v) is 19.3. The van der Waals surface area contributed by atoms with Gasteiger partial charge in [0, 0.05) is 12.2 Å². The van der Waals surface area contributed by atoms with Crippen LogP contribution in [0.3, 0.4) is 0 Å². The van der Waals surface area contributed by atoms with Crippen molar-refractivity contribution in [2.45, 2.75) is 57.8 Å². The lowest BCUT2D eigenvalue weighted by atomic mass is 9.99. The monoisotopic (exact) mass is 468 g/mol. The summed E-state index contributed by atoms with van der Waals surface area (Å²) in [5.74, 6) is -3.43. The first-order chi connectivity index (χ1) is 15.0. The molecule has 0 aliphatic heterocycles. The number of carbonyl (C=O) groups excluding carboxylic acids is 3. The lowest BCUT2D eigenvalue weighted by molar-refractivity contribution is -0.143. The SMILES string of the molecule is CCC(C)C(NC(=O)C(CS)NC(=O)C(Cc1ccc(O)cc1)NC(=O)C(C)N)C(=O)O. The van der Waals surface area contributed by atoms with Crippen LogP contribution in [0, 0.1) is 5.92 Å². The summed E-state index contributed by atoms with van der Waals surface area (Å²) in [6.45, 7) is 4.97. The fourth-order valence-corrected chi connectivity index (χ4v) is 3.04. The quantitative estimate of drug-likeness (QED) is 0.208. The topological polar surface area (TPSA) is 171 Å². The Bertz CT molecular complexity index is 802. The molecule has 5 atom stereocenters. The molecule has 0 heterocycles. The Labute approximate surface area is 192 Å². The number of phenolic OH excluding ortho intramolecular Hbond substituents is 1. The predicted octanol–water partition coefficient (Wildman–Crippen LogP) is -0.203. The van der Waals surface area contributed by atoms with Crippen LogP contribution in [0.2, 0.25) is 0 Å². The minimum Gasteiger partial charge on any atom is -0.508 e. The normalized spacial score (nSPS) is 15.5. The standard InChI is InChI=1S/C21H32N4O6S/c1-4-11(2)17(21(30)31)25-20(29)16(10-32)24-19(28)15(23-18(27)12(3)22)9-13-5-7-14(26)8-6-13/h5-8,11-12,15-17,26,32H,4,9-10,22H2,1-3H3,(H,23,27)(H,24,28)(H,25,29)(H,30,31). The number of carboxylic acid groups (broad SMARTS) is 1. The van der Waals surface area contributed by atoms with Gasteiger partial charge < -0.3 is 31.9 Å². The maximum absolute atomic E-state index is 12.9. The molecule has 0 saturated carbocycles. The summed E-state index contributed by atoms with van der Waals surface area (Å²) in [5, 5.41) is 26.3. The molecule has 11 heteroatoms. The third-order valence-electron chi connectivity index (χ3n) is 5.02. The summed E-state index contributed by atoms with van der Waals surface area (Å²) < 4.78 is 0. The van der Waals surface area contributed by atoms with Crippen molar-refractivity contribution in [3.63, 3.8) is 0 Å². The van der Waals surface area contributed by atoms with Gasteiger partial charge >= 0.3 is 5.97 Å². The largest absolute Gasteiger partial charge is 0.508 e. The smallest absolute Gasteiger partial charge is 0.326 e.